The molecule has 15 heavy (non-hydrogen) atoms. The van der Waals surface area contributed by atoms with Gasteiger partial charge in [0.25, 0.3) is 0 Å². The molecule has 0 radical (unpaired) electrons. The summed E-state index contributed by atoms with van der Waals surface area (Å²) in [5.41, 5.74) is 0. The number of ketones is 1. The Morgan fingerprint density at radius 2 is 2.13 bits per heavy atom. The Morgan fingerprint density at radius 1 is 1.40 bits per heavy atom. The second-order valence-electron chi connectivity index (χ2n) is 3.42. The molecule has 0 atom stereocenters. The molecule has 0 aromatic heterocycles. The first kappa shape index (κ1) is 11.8. The molecule has 84 valence electrons. The molecule has 1 rings (SSSR count). The summed E-state index contributed by atoms with van der Waals surface area (Å²) < 4.78 is 9.64. The summed E-state index contributed by atoms with van der Waals surface area (Å²) in [5, 5.41) is 0. The van der Waals surface area contributed by atoms with Gasteiger partial charge in [0.15, 0.2) is 0 Å². The molecule has 1 aliphatic rings. The lowest BCUT2D eigenvalue weighted by molar-refractivity contribution is -0.137. The molecule has 0 aromatic rings. The lowest BCUT2D eigenvalue weighted by Crippen LogP contribution is -2.04. The van der Waals surface area contributed by atoms with Gasteiger partial charge in [0.1, 0.15) is 5.78 Å². The molecule has 0 aliphatic heterocycles. The molecule has 0 saturated heterocycles. The zero-order valence-electron chi connectivity index (χ0n) is 8.90. The summed E-state index contributed by atoms with van der Waals surface area (Å²) in [7, 11) is 0. The van der Waals surface area contributed by atoms with Crippen LogP contribution in [-0.2, 0) is 19.1 Å². The minimum absolute atomic E-state index is 0.263. The van der Waals surface area contributed by atoms with Gasteiger partial charge in [-0.3, -0.25) is 4.79 Å². The molecule has 0 heterocycles. The van der Waals surface area contributed by atoms with Crippen LogP contribution in [-0.4, -0.2) is 25.0 Å². The molecule has 1 saturated carbocycles. The van der Waals surface area contributed by atoms with Crippen molar-refractivity contribution in [2.75, 3.05) is 13.2 Å². The van der Waals surface area contributed by atoms with Crippen LogP contribution >= 0.6 is 0 Å². The highest BCUT2D eigenvalue weighted by molar-refractivity contribution is 5.83. The third-order valence-electron chi connectivity index (χ3n) is 2.09. The van der Waals surface area contributed by atoms with E-state index in [-0.39, 0.29) is 11.7 Å². The zero-order valence-corrected chi connectivity index (χ0v) is 8.90. The van der Waals surface area contributed by atoms with Gasteiger partial charge < -0.3 is 9.47 Å². The lowest BCUT2D eigenvalue weighted by atomic mass is 10.2. The average molecular weight is 212 g/mol. The van der Waals surface area contributed by atoms with Crippen LogP contribution in [0.4, 0.5) is 0 Å². The van der Waals surface area contributed by atoms with Gasteiger partial charge in [-0.2, -0.15) is 0 Å². The molecule has 1 aliphatic carbocycles. The van der Waals surface area contributed by atoms with Gasteiger partial charge >= 0.3 is 5.97 Å². The maximum atomic E-state index is 11.2. The molecular formula is C11H16O4. The van der Waals surface area contributed by atoms with Crippen molar-refractivity contribution in [3.63, 3.8) is 0 Å². The minimum atomic E-state index is -0.425. The van der Waals surface area contributed by atoms with Gasteiger partial charge in [-0.05, 0) is 19.8 Å². The lowest BCUT2D eigenvalue weighted by Gasteiger charge is -1.99. The van der Waals surface area contributed by atoms with Crippen molar-refractivity contribution in [3.8, 4) is 0 Å². The van der Waals surface area contributed by atoms with Crippen LogP contribution in [0, 0.1) is 5.92 Å². The van der Waals surface area contributed by atoms with E-state index in [4.69, 9.17) is 4.74 Å². The summed E-state index contributed by atoms with van der Waals surface area (Å²) in [4.78, 5) is 22.0. The molecule has 0 N–H and O–H groups in total. The van der Waals surface area contributed by atoms with E-state index in [0.717, 1.165) is 12.8 Å². The number of Topliss-reactive ketones (excluding diaryl/α,β-unsaturated/α-hetero) is 1. The van der Waals surface area contributed by atoms with Crippen molar-refractivity contribution in [2.45, 2.75) is 26.2 Å². The van der Waals surface area contributed by atoms with Gasteiger partial charge in [-0.1, -0.05) is 0 Å². The quantitative estimate of drug-likeness (QED) is 0.277. The smallest absolute Gasteiger partial charge is 0.333 e. The van der Waals surface area contributed by atoms with Crippen molar-refractivity contribution in [1.82, 2.24) is 0 Å². The summed E-state index contributed by atoms with van der Waals surface area (Å²) >= 11 is 0. The molecular weight excluding hydrogens is 196 g/mol. The SMILES string of the molecule is CCOC(=O)/C=C\OCCC(=O)C1CC1. The van der Waals surface area contributed by atoms with E-state index in [0.29, 0.717) is 19.6 Å². The number of carbonyl (C=O) groups excluding carboxylic acids is 2. The molecule has 4 nitrogen and oxygen atoms in total. The fraction of sp³-hybridized carbons (Fsp3) is 0.636. The second-order valence-corrected chi connectivity index (χ2v) is 3.42. The molecule has 0 spiro atoms. The Morgan fingerprint density at radius 3 is 2.73 bits per heavy atom. The highest BCUT2D eigenvalue weighted by Gasteiger charge is 2.28. The third-order valence-corrected chi connectivity index (χ3v) is 2.09. The number of esters is 1. The fourth-order valence-corrected chi connectivity index (χ4v) is 1.13. The van der Waals surface area contributed by atoms with E-state index in [1.807, 2.05) is 0 Å². The number of carbonyl (C=O) groups is 2. The molecule has 0 bridgehead atoms. The average Bonchev–Trinajstić information content (AvgIpc) is 3.00. The maximum absolute atomic E-state index is 11.2. The largest absolute Gasteiger partial charge is 0.500 e. The van der Waals surface area contributed by atoms with Crippen molar-refractivity contribution in [2.24, 2.45) is 5.92 Å². The van der Waals surface area contributed by atoms with Crippen molar-refractivity contribution in [3.05, 3.63) is 12.3 Å². The van der Waals surface area contributed by atoms with Crippen molar-refractivity contribution in [1.29, 1.82) is 0 Å². The number of hydrogen-bond donors (Lipinski definition) is 0. The Kier molecular flexibility index (Phi) is 4.87. The highest BCUT2D eigenvalue weighted by Crippen LogP contribution is 2.30. The molecule has 0 amide bonds. The number of ether oxygens (including phenoxy) is 2. The van der Waals surface area contributed by atoms with E-state index in [2.05, 4.69) is 4.74 Å². The first-order valence-electron chi connectivity index (χ1n) is 5.21. The Balaban J connectivity index is 2.00. The van der Waals surface area contributed by atoms with Gasteiger partial charge in [0, 0.05) is 12.3 Å². The van der Waals surface area contributed by atoms with Gasteiger partial charge in [0.2, 0.25) is 0 Å². The number of rotatable bonds is 7. The summed E-state index contributed by atoms with van der Waals surface area (Å²) in [6.45, 7) is 2.43. The van der Waals surface area contributed by atoms with Crippen molar-refractivity contribution >= 4 is 11.8 Å². The van der Waals surface area contributed by atoms with E-state index in [9.17, 15) is 9.59 Å². The Labute approximate surface area is 89.2 Å². The first-order valence-corrected chi connectivity index (χ1v) is 5.21. The summed E-state index contributed by atoms with van der Waals surface area (Å²) in [5.74, 6) is 0.119. The predicted octanol–water partition coefficient (Wildman–Crippen LogP) is 1.45. The van der Waals surface area contributed by atoms with Gasteiger partial charge in [-0.25, -0.2) is 4.79 Å². The van der Waals surface area contributed by atoms with Crippen LogP contribution in [0.1, 0.15) is 26.2 Å². The zero-order chi connectivity index (χ0) is 11.1. The van der Waals surface area contributed by atoms with Crippen LogP contribution in [0.5, 0.6) is 0 Å². The normalized spacial score (nSPS) is 15.3. The highest BCUT2D eigenvalue weighted by atomic mass is 16.5. The van der Waals surface area contributed by atoms with Gasteiger partial charge in [-0.15, -0.1) is 0 Å². The molecule has 1 fully saturated rings. The third kappa shape index (κ3) is 5.20. The van der Waals surface area contributed by atoms with E-state index < -0.39 is 5.97 Å². The molecule has 4 heteroatoms. The van der Waals surface area contributed by atoms with Crippen LogP contribution in [0.2, 0.25) is 0 Å². The Hall–Kier alpha value is -1.32. The fourth-order valence-electron chi connectivity index (χ4n) is 1.13. The van der Waals surface area contributed by atoms with Crippen molar-refractivity contribution < 1.29 is 19.1 Å². The standard InChI is InChI=1S/C11H16O4/c1-2-15-11(13)6-8-14-7-5-10(12)9-3-4-9/h6,8-9H,2-5,7H2,1H3/b8-6-. The monoisotopic (exact) mass is 212 g/mol. The van der Waals surface area contributed by atoms with E-state index in [1.54, 1.807) is 6.92 Å². The van der Waals surface area contributed by atoms with Gasteiger partial charge in [0.05, 0.1) is 25.6 Å². The summed E-state index contributed by atoms with van der Waals surface area (Å²) in [6.07, 6.45) is 4.97. The van der Waals surface area contributed by atoms with E-state index >= 15 is 0 Å². The predicted molar refractivity (Wildman–Crippen MR) is 54.1 cm³/mol. The molecule has 0 aromatic carbocycles. The second kappa shape index (κ2) is 6.22. The van der Waals surface area contributed by atoms with Crippen LogP contribution < -0.4 is 0 Å². The van der Waals surface area contributed by atoms with Crippen LogP contribution in [0.15, 0.2) is 12.3 Å². The van der Waals surface area contributed by atoms with Crippen LogP contribution in [0.25, 0.3) is 0 Å². The topological polar surface area (TPSA) is 52.6 Å². The minimum Gasteiger partial charge on any atom is -0.500 e. The molecule has 0 unspecified atom stereocenters. The Bertz CT molecular complexity index is 253. The van der Waals surface area contributed by atoms with E-state index in [1.165, 1.54) is 12.3 Å². The summed E-state index contributed by atoms with van der Waals surface area (Å²) in [6, 6.07) is 0. The first-order chi connectivity index (χ1) is 7.24. The maximum Gasteiger partial charge on any atom is 0.333 e. The van der Waals surface area contributed by atoms with Crippen LogP contribution in [0.3, 0.4) is 0 Å². The number of hydrogen-bond acceptors (Lipinski definition) is 4.